The van der Waals surface area contributed by atoms with Gasteiger partial charge in [-0.05, 0) is 55.5 Å². The zero-order valence-corrected chi connectivity index (χ0v) is 19.2. The topological polar surface area (TPSA) is 35.6 Å². The van der Waals surface area contributed by atoms with Crippen molar-refractivity contribution in [2.24, 2.45) is 0 Å². The Hall–Kier alpha value is -3.18. The Morgan fingerprint density at radius 3 is 2.18 bits per heavy atom. The molecule has 3 aromatic carbocycles. The van der Waals surface area contributed by atoms with Gasteiger partial charge < -0.3 is 10.2 Å². The maximum atomic E-state index is 13.9. The second kappa shape index (κ2) is 8.99. The molecule has 2 saturated heterocycles. The highest BCUT2D eigenvalue weighted by atomic mass is 19.1. The van der Waals surface area contributed by atoms with Gasteiger partial charge in [-0.25, -0.2) is 9.18 Å². The number of piperazine rings is 1. The lowest BCUT2D eigenvalue weighted by Crippen LogP contribution is -2.55. The Kier molecular flexibility index (Phi) is 5.90. The monoisotopic (exact) mass is 443 g/mol. The highest BCUT2D eigenvalue weighted by Crippen LogP contribution is 2.32. The number of carbonyl (C=O) groups is 1. The van der Waals surface area contributed by atoms with Gasteiger partial charge in [-0.15, -0.1) is 0 Å². The second-order valence-electron chi connectivity index (χ2n) is 9.45. The number of hydrogen-bond donors (Lipinski definition) is 1. The van der Waals surface area contributed by atoms with Crippen LogP contribution in [0.4, 0.5) is 14.9 Å². The lowest BCUT2D eigenvalue weighted by molar-refractivity contribution is 0.0812. The van der Waals surface area contributed by atoms with Crippen LogP contribution >= 0.6 is 0 Å². The zero-order valence-electron chi connectivity index (χ0n) is 19.2. The quantitative estimate of drug-likeness (QED) is 0.538. The van der Waals surface area contributed by atoms with E-state index >= 15 is 0 Å². The van der Waals surface area contributed by atoms with E-state index in [0.29, 0.717) is 25.2 Å². The fourth-order valence-electron chi connectivity index (χ4n) is 5.33. The summed E-state index contributed by atoms with van der Waals surface area (Å²) in [6, 6.07) is 22.3. The number of amides is 2. The van der Waals surface area contributed by atoms with E-state index in [2.05, 4.69) is 66.5 Å². The minimum absolute atomic E-state index is 0.213. The van der Waals surface area contributed by atoms with Gasteiger partial charge in [-0.2, -0.15) is 0 Å². The van der Waals surface area contributed by atoms with Crippen molar-refractivity contribution in [3.63, 3.8) is 0 Å². The van der Waals surface area contributed by atoms with E-state index < -0.39 is 5.82 Å². The molecule has 4 nitrogen and oxygen atoms in total. The third-order valence-corrected chi connectivity index (χ3v) is 6.91. The Morgan fingerprint density at radius 1 is 0.909 bits per heavy atom. The van der Waals surface area contributed by atoms with Gasteiger partial charge in [0.05, 0.1) is 5.69 Å². The van der Waals surface area contributed by atoms with Crippen molar-refractivity contribution in [1.82, 2.24) is 9.80 Å². The first-order valence-electron chi connectivity index (χ1n) is 11.7. The van der Waals surface area contributed by atoms with Crippen molar-refractivity contribution in [3.05, 3.63) is 89.2 Å². The molecule has 170 valence electrons. The number of nitrogens with one attached hydrogen (secondary N) is 1. The fraction of sp³-hybridized carbons (Fsp3) is 0.321. The van der Waals surface area contributed by atoms with Crippen LogP contribution in [-0.4, -0.2) is 41.0 Å². The Balaban J connectivity index is 1.23. The molecule has 2 unspecified atom stereocenters. The minimum atomic E-state index is -0.406. The van der Waals surface area contributed by atoms with Crippen LogP contribution in [0, 0.1) is 19.7 Å². The molecular weight excluding hydrogens is 413 g/mol. The number of para-hydroxylation sites is 1. The molecular formula is C28H30FN3O. The summed E-state index contributed by atoms with van der Waals surface area (Å²) in [6.07, 6.45) is 2.18. The van der Waals surface area contributed by atoms with Crippen molar-refractivity contribution in [2.75, 3.05) is 18.4 Å². The predicted molar refractivity (Wildman–Crippen MR) is 131 cm³/mol. The van der Waals surface area contributed by atoms with Crippen LogP contribution in [-0.2, 0) is 6.54 Å². The SMILES string of the molecule is Cc1cc(C)cc(-c2ccc(CN3C4CCC3CN(C(=O)Nc3ccccc3F)C4)cc2)c1. The lowest BCUT2D eigenvalue weighted by Gasteiger charge is -2.41. The summed E-state index contributed by atoms with van der Waals surface area (Å²) in [4.78, 5) is 17.1. The first-order chi connectivity index (χ1) is 16.0. The molecule has 0 aromatic heterocycles. The Bertz CT molecular complexity index is 1130. The number of anilines is 1. The van der Waals surface area contributed by atoms with E-state index in [1.54, 1.807) is 18.2 Å². The number of aryl methyl sites for hydroxylation is 2. The molecule has 2 atom stereocenters. The second-order valence-corrected chi connectivity index (χ2v) is 9.45. The van der Waals surface area contributed by atoms with Crippen LogP contribution in [0.25, 0.3) is 11.1 Å². The van der Waals surface area contributed by atoms with E-state index in [-0.39, 0.29) is 11.7 Å². The van der Waals surface area contributed by atoms with Crippen molar-refractivity contribution in [3.8, 4) is 11.1 Å². The maximum absolute atomic E-state index is 13.9. The molecule has 2 fully saturated rings. The molecule has 33 heavy (non-hydrogen) atoms. The smallest absolute Gasteiger partial charge is 0.321 e. The number of likely N-dealkylation sites (tertiary alicyclic amines) is 1. The number of hydrogen-bond acceptors (Lipinski definition) is 2. The average molecular weight is 444 g/mol. The van der Waals surface area contributed by atoms with Gasteiger partial charge in [-0.1, -0.05) is 65.7 Å². The first-order valence-corrected chi connectivity index (χ1v) is 11.7. The van der Waals surface area contributed by atoms with Gasteiger partial charge >= 0.3 is 6.03 Å². The van der Waals surface area contributed by atoms with Crippen LogP contribution in [0.5, 0.6) is 0 Å². The summed E-state index contributed by atoms with van der Waals surface area (Å²) in [7, 11) is 0. The molecule has 0 spiro atoms. The number of rotatable bonds is 4. The van der Waals surface area contributed by atoms with Crippen molar-refractivity contribution in [2.45, 2.75) is 45.3 Å². The number of benzene rings is 3. The number of urea groups is 1. The summed E-state index contributed by atoms with van der Waals surface area (Å²) < 4.78 is 13.9. The summed E-state index contributed by atoms with van der Waals surface area (Å²) in [5, 5.41) is 2.74. The molecule has 2 bridgehead atoms. The molecule has 0 aliphatic carbocycles. The van der Waals surface area contributed by atoms with Gasteiger partial charge in [0.15, 0.2) is 0 Å². The maximum Gasteiger partial charge on any atom is 0.322 e. The molecule has 2 aliphatic rings. The summed E-state index contributed by atoms with van der Waals surface area (Å²) in [5.41, 5.74) is 6.59. The molecule has 5 heteroatoms. The van der Waals surface area contributed by atoms with Gasteiger partial charge in [0.2, 0.25) is 0 Å². The van der Waals surface area contributed by atoms with E-state index in [0.717, 1.165) is 19.4 Å². The average Bonchev–Trinajstić information content (AvgIpc) is 3.01. The lowest BCUT2D eigenvalue weighted by atomic mass is 9.99. The number of halogens is 1. The van der Waals surface area contributed by atoms with E-state index in [1.807, 2.05) is 4.90 Å². The molecule has 1 N–H and O–H groups in total. The van der Waals surface area contributed by atoms with Gasteiger partial charge in [0.1, 0.15) is 5.82 Å². The minimum Gasteiger partial charge on any atom is -0.321 e. The molecule has 5 rings (SSSR count). The van der Waals surface area contributed by atoms with Gasteiger partial charge in [0.25, 0.3) is 0 Å². The largest absolute Gasteiger partial charge is 0.322 e. The summed E-state index contributed by atoms with van der Waals surface area (Å²) in [6.45, 7) is 6.52. The molecule has 0 saturated carbocycles. The zero-order chi connectivity index (χ0) is 22.9. The predicted octanol–water partition coefficient (Wildman–Crippen LogP) is 5.99. The van der Waals surface area contributed by atoms with Crippen molar-refractivity contribution in [1.29, 1.82) is 0 Å². The molecule has 0 radical (unpaired) electrons. The van der Waals surface area contributed by atoms with Crippen molar-refractivity contribution >= 4 is 11.7 Å². The first kappa shape index (κ1) is 21.7. The van der Waals surface area contributed by atoms with Crippen LogP contribution in [0.2, 0.25) is 0 Å². The molecule has 3 aromatic rings. The summed E-state index contributed by atoms with van der Waals surface area (Å²) >= 11 is 0. The van der Waals surface area contributed by atoms with E-state index in [1.165, 1.54) is 33.9 Å². The number of carbonyl (C=O) groups excluding carboxylic acids is 1. The fourth-order valence-corrected chi connectivity index (χ4v) is 5.33. The number of nitrogens with zero attached hydrogens (tertiary/aromatic N) is 2. The number of fused-ring (bicyclic) bond motifs is 2. The van der Waals surface area contributed by atoms with E-state index in [4.69, 9.17) is 0 Å². The van der Waals surface area contributed by atoms with Crippen LogP contribution in [0.15, 0.2) is 66.7 Å². The standard InChI is InChI=1S/C28H30FN3O/c1-19-13-20(2)15-23(14-19)22-9-7-21(8-10-22)16-32-24-11-12-25(32)18-31(17-24)28(33)30-27-6-4-3-5-26(27)29/h3-10,13-15,24-25H,11-12,16-18H2,1-2H3,(H,30,33). The Morgan fingerprint density at radius 2 is 1.55 bits per heavy atom. The third-order valence-electron chi connectivity index (χ3n) is 6.91. The highest BCUT2D eigenvalue weighted by Gasteiger charge is 2.41. The highest BCUT2D eigenvalue weighted by molar-refractivity contribution is 5.89. The van der Waals surface area contributed by atoms with Gasteiger partial charge in [0, 0.05) is 31.7 Å². The molecule has 2 heterocycles. The van der Waals surface area contributed by atoms with E-state index in [9.17, 15) is 9.18 Å². The van der Waals surface area contributed by atoms with Crippen LogP contribution in [0.1, 0.15) is 29.5 Å². The third kappa shape index (κ3) is 4.64. The normalized spacial score (nSPS) is 20.2. The molecule has 2 aliphatic heterocycles. The molecule has 2 amide bonds. The summed E-state index contributed by atoms with van der Waals surface area (Å²) in [5.74, 6) is -0.406. The Labute approximate surface area is 195 Å². The van der Waals surface area contributed by atoms with Crippen LogP contribution in [0.3, 0.4) is 0 Å². The van der Waals surface area contributed by atoms with Crippen molar-refractivity contribution < 1.29 is 9.18 Å². The van der Waals surface area contributed by atoms with Gasteiger partial charge in [-0.3, -0.25) is 4.90 Å². The van der Waals surface area contributed by atoms with Crippen LogP contribution < -0.4 is 5.32 Å².